The number of likely N-dealkylation sites (tertiary alicyclic amines) is 3. The van der Waals surface area contributed by atoms with Gasteiger partial charge in [0.05, 0.1) is 53.8 Å². The van der Waals surface area contributed by atoms with E-state index in [2.05, 4.69) is 10.3 Å². The van der Waals surface area contributed by atoms with Crippen molar-refractivity contribution in [3.63, 3.8) is 0 Å². The van der Waals surface area contributed by atoms with Crippen molar-refractivity contribution in [2.45, 2.75) is 92.6 Å². The number of carbonyl (C=O) groups excluding carboxylic acids is 6. The number of β-amino-alcohol motifs (C(OH)–C–C–N with tert-alkyl or cyclic N) is 3. The summed E-state index contributed by atoms with van der Waals surface area (Å²) in [4.78, 5) is 107. The first kappa shape index (κ1) is 75.7. The molecule has 4 heterocycles. The van der Waals surface area contributed by atoms with Crippen LogP contribution in [-0.4, -0.2) is 164 Å². The number of esters is 2. The fourth-order valence-electron chi connectivity index (χ4n) is 11.8. The highest BCUT2D eigenvalue weighted by Crippen LogP contribution is 2.30. The van der Waals surface area contributed by atoms with Crippen molar-refractivity contribution in [3.05, 3.63) is 266 Å². The molecule has 9 aromatic rings. The van der Waals surface area contributed by atoms with Gasteiger partial charge < -0.3 is 55.0 Å². The van der Waals surface area contributed by atoms with Gasteiger partial charge in [-0.1, -0.05) is 125 Å². The maximum atomic E-state index is 13.1. The molecule has 6 N–H and O–H groups in total. The molecule has 8 aromatic carbocycles. The van der Waals surface area contributed by atoms with Crippen LogP contribution in [0, 0.1) is 34.6 Å². The normalized spacial score (nSPS) is 15.1. The highest BCUT2D eigenvalue weighted by molar-refractivity contribution is 6.03. The number of carboxylic acids is 2. The zero-order chi connectivity index (χ0) is 74.0. The van der Waals surface area contributed by atoms with E-state index in [9.17, 15) is 63.9 Å². The Balaban J connectivity index is 0.000000161. The van der Waals surface area contributed by atoms with Gasteiger partial charge in [-0.25, -0.2) is 19.2 Å². The van der Waals surface area contributed by atoms with Crippen molar-refractivity contribution < 1.29 is 73.4 Å². The lowest BCUT2D eigenvalue weighted by molar-refractivity contribution is 0.0516. The lowest BCUT2D eigenvalue weighted by atomic mass is 9.98. The quantitative estimate of drug-likeness (QED) is 0.0490. The number of aromatic carboxylic acids is 2. The van der Waals surface area contributed by atoms with Crippen LogP contribution in [0.1, 0.15) is 149 Å². The van der Waals surface area contributed by atoms with Crippen molar-refractivity contribution in [3.8, 4) is 44.5 Å². The maximum absolute atomic E-state index is 13.1. The Morgan fingerprint density at radius 1 is 0.388 bits per heavy atom. The van der Waals surface area contributed by atoms with Gasteiger partial charge in [0.2, 0.25) is 0 Å². The molecule has 3 fully saturated rings. The van der Waals surface area contributed by atoms with Crippen molar-refractivity contribution in [1.29, 1.82) is 0 Å². The minimum atomic E-state index is -1.07. The minimum Gasteiger partial charge on any atom is -0.478 e. The Morgan fingerprint density at radius 2 is 0.680 bits per heavy atom. The first-order valence-electron chi connectivity index (χ1n) is 34.1. The average Bonchev–Trinajstić information content (AvgIpc) is 1.74. The van der Waals surface area contributed by atoms with Crippen LogP contribution in [0.4, 0.5) is 0 Å². The molecular formula is C83H85N5O15. The number of aryl methyl sites for hydroxylation is 5. The zero-order valence-corrected chi connectivity index (χ0v) is 58.7. The average molecular weight is 1390 g/mol. The second-order valence-corrected chi connectivity index (χ2v) is 25.8. The smallest absolute Gasteiger partial charge is 0.338 e. The molecular weight excluding hydrogens is 1310 g/mol. The van der Waals surface area contributed by atoms with Crippen LogP contribution in [0.2, 0.25) is 0 Å². The number of nitrogens with one attached hydrogen (secondary N) is 1. The van der Waals surface area contributed by atoms with E-state index in [0.717, 1.165) is 66.9 Å². The van der Waals surface area contributed by atoms with Crippen LogP contribution in [0.5, 0.6) is 0 Å². The number of hydrogen-bond donors (Lipinski definition) is 6. The molecule has 0 radical (unpaired) electrons. The number of rotatable bonds is 16. The number of pyridine rings is 1. The summed E-state index contributed by atoms with van der Waals surface area (Å²) in [5.41, 5.74) is 15.2. The van der Waals surface area contributed by atoms with Gasteiger partial charge in [-0.15, -0.1) is 0 Å². The van der Waals surface area contributed by atoms with Gasteiger partial charge in [-0.3, -0.25) is 24.2 Å². The van der Waals surface area contributed by atoms with Gasteiger partial charge >= 0.3 is 23.9 Å². The molecule has 0 saturated carbocycles. The van der Waals surface area contributed by atoms with Crippen LogP contribution >= 0.6 is 0 Å². The van der Waals surface area contributed by atoms with E-state index in [-0.39, 0.29) is 60.1 Å². The molecule has 3 atom stereocenters. The SMILES string of the molecule is CCOC(=O)c1cc(C(=O)N2CC[C@@H](O)C2)cc(-c2ccc(C)cc2)c1.CCOC(=O)c1cc(C(=O)O)cc(-c2ccc(C)cc2)c1.Cc1ccc(-c2cc(C(=O)NCc3ccc(C)nc3)cc(C(=O)N3CC[C@@H](O)C3)c2)cc1.Cc1ccc(-c2cc(C(=O)O)cc(C(=O)N3CC[C@@H](O)C3)c2)cc1. The van der Waals surface area contributed by atoms with Gasteiger partial charge in [0.1, 0.15) is 0 Å². The van der Waals surface area contributed by atoms with E-state index in [1.165, 1.54) is 12.1 Å². The molecule has 20 nitrogen and oxygen atoms in total. The lowest BCUT2D eigenvalue weighted by Crippen LogP contribution is -2.30. The third kappa shape index (κ3) is 20.8. The van der Waals surface area contributed by atoms with Gasteiger partial charge in [0, 0.05) is 80.0 Å². The predicted octanol–water partition coefficient (Wildman–Crippen LogP) is 12.7. The number of aliphatic hydroxyl groups excluding tert-OH is 3. The largest absolute Gasteiger partial charge is 0.478 e. The number of ether oxygens (including phenoxy) is 2. The molecule has 3 aliphatic rings. The molecule has 0 bridgehead atoms. The number of amides is 4. The van der Waals surface area contributed by atoms with Crippen LogP contribution in [0.3, 0.4) is 0 Å². The predicted molar refractivity (Wildman–Crippen MR) is 392 cm³/mol. The summed E-state index contributed by atoms with van der Waals surface area (Å²) in [5.74, 6) is -3.97. The van der Waals surface area contributed by atoms with Crippen molar-refractivity contribution >= 4 is 47.5 Å². The Labute approximate surface area is 598 Å². The molecule has 20 heteroatoms. The van der Waals surface area contributed by atoms with E-state index in [4.69, 9.17) is 9.47 Å². The summed E-state index contributed by atoms with van der Waals surface area (Å²) >= 11 is 0. The summed E-state index contributed by atoms with van der Waals surface area (Å²) in [6.07, 6.45) is 1.96. The Hall–Kier alpha value is -11.5. The van der Waals surface area contributed by atoms with Crippen LogP contribution < -0.4 is 5.32 Å². The van der Waals surface area contributed by atoms with Crippen LogP contribution in [0.25, 0.3) is 44.5 Å². The molecule has 0 spiro atoms. The zero-order valence-electron chi connectivity index (χ0n) is 58.7. The van der Waals surface area contributed by atoms with Crippen LogP contribution in [0.15, 0.2) is 188 Å². The molecule has 3 saturated heterocycles. The number of nitrogens with zero attached hydrogens (tertiary/aromatic N) is 4. The standard InChI is InChI=1S/C26H27N3O3.C21H23NO4.C19H19NO4.C17H16O4/c1-17-3-7-20(8-4-17)21-11-22(25(31)28-15-19-6-5-18(2)27-14-19)13-23(12-21)26(32)29-10-9-24(30)16-29;1-3-26-21(25)18-11-16(15-6-4-14(2)5-7-15)10-17(12-18)20(24)22-9-8-19(23)13-22;1-12-2-4-13(5-3-12)14-8-15(10-16(9-14)19(23)24)18(22)20-7-6-17(21)11-20;1-3-21-17(20)15-9-13(8-14(10-15)16(18)19)12-6-4-11(2)5-7-12/h3-8,11-14,24,30H,9-10,15-16H2,1-2H3,(H,28,31);4-7,10-12,19,23H,3,8-9,13H2,1-2H3;2-5,8-10,17,21H,6-7,11H2,1H3,(H,23,24);4-10H,3H2,1-2H3,(H,18,19)/t24-;19-;17-;/m111./s1. The number of carbonyl (C=O) groups is 8. The summed E-state index contributed by atoms with van der Waals surface area (Å²) < 4.78 is 10.1. The van der Waals surface area contributed by atoms with Gasteiger partial charge in [0.25, 0.3) is 23.6 Å². The molecule has 103 heavy (non-hydrogen) atoms. The summed E-state index contributed by atoms with van der Waals surface area (Å²) in [6, 6.07) is 54.7. The molecule has 532 valence electrons. The fraction of sp³-hybridized carbons (Fsp3) is 0.265. The van der Waals surface area contributed by atoms with Crippen molar-refractivity contribution in [2.24, 2.45) is 0 Å². The fourth-order valence-corrected chi connectivity index (χ4v) is 11.8. The highest BCUT2D eigenvalue weighted by Gasteiger charge is 2.30. The first-order chi connectivity index (χ1) is 49.3. The number of carboxylic acid groups (broad SMARTS) is 2. The Morgan fingerprint density at radius 3 is 0.971 bits per heavy atom. The lowest BCUT2D eigenvalue weighted by Gasteiger charge is -2.17. The second kappa shape index (κ2) is 35.2. The minimum absolute atomic E-state index is 0.0659. The highest BCUT2D eigenvalue weighted by atomic mass is 16.5. The van der Waals surface area contributed by atoms with Gasteiger partial charge in [0.15, 0.2) is 0 Å². The monoisotopic (exact) mass is 1390 g/mol. The summed E-state index contributed by atoms with van der Waals surface area (Å²) in [5, 5.41) is 50.6. The van der Waals surface area contributed by atoms with E-state index in [1.807, 2.05) is 156 Å². The second-order valence-electron chi connectivity index (χ2n) is 25.8. The van der Waals surface area contributed by atoms with Gasteiger partial charge in [-0.05, 0) is 197 Å². The Bertz CT molecular complexity index is 4540. The third-order valence-electron chi connectivity index (χ3n) is 17.6. The van der Waals surface area contributed by atoms with E-state index in [0.29, 0.717) is 97.5 Å². The van der Waals surface area contributed by atoms with Crippen molar-refractivity contribution in [1.82, 2.24) is 25.0 Å². The Kier molecular flexibility index (Phi) is 25.9. The third-order valence-corrected chi connectivity index (χ3v) is 17.6. The topological polar surface area (TPSA) is 291 Å². The molecule has 4 amide bonds. The number of benzene rings is 8. The molecule has 0 unspecified atom stereocenters. The number of aliphatic hydroxyl groups is 3. The van der Waals surface area contributed by atoms with Crippen molar-refractivity contribution in [2.75, 3.05) is 52.5 Å². The summed E-state index contributed by atoms with van der Waals surface area (Å²) in [7, 11) is 0. The number of aromatic nitrogens is 1. The van der Waals surface area contributed by atoms with Crippen LogP contribution in [-0.2, 0) is 16.0 Å². The van der Waals surface area contributed by atoms with E-state index >= 15 is 0 Å². The molecule has 3 aliphatic heterocycles. The maximum Gasteiger partial charge on any atom is 0.338 e. The van der Waals surface area contributed by atoms with Gasteiger partial charge in [-0.2, -0.15) is 0 Å². The first-order valence-corrected chi connectivity index (χ1v) is 34.1. The van der Waals surface area contributed by atoms with E-state index in [1.54, 1.807) is 83.3 Å². The molecule has 1 aromatic heterocycles. The summed E-state index contributed by atoms with van der Waals surface area (Å²) in [6.45, 7) is 16.6. The molecule has 12 rings (SSSR count). The number of hydrogen-bond acceptors (Lipinski definition) is 14. The molecule has 0 aliphatic carbocycles. The van der Waals surface area contributed by atoms with E-state index < -0.39 is 42.2 Å².